The fraction of sp³-hybridized carbons (Fsp3) is 0.381. The van der Waals surface area contributed by atoms with Crippen molar-refractivity contribution in [1.29, 1.82) is 5.26 Å². The number of nitrogens with zero attached hydrogens (tertiary/aromatic N) is 5. The summed E-state index contributed by atoms with van der Waals surface area (Å²) in [5.41, 5.74) is 1.52. The minimum Gasteiger partial charge on any atom is -0.351 e. The lowest BCUT2D eigenvalue weighted by Crippen LogP contribution is -2.41. The molecule has 156 valence electrons. The highest BCUT2D eigenvalue weighted by Gasteiger charge is 2.28. The molecule has 0 bridgehead atoms. The minimum absolute atomic E-state index is 0.0425. The van der Waals surface area contributed by atoms with Crippen molar-refractivity contribution in [3.05, 3.63) is 48.3 Å². The minimum atomic E-state index is -3.17. The number of nitrogens with one attached hydrogen (secondary N) is 1. The van der Waals surface area contributed by atoms with Crippen molar-refractivity contribution in [3.63, 3.8) is 0 Å². The average molecular weight is 425 g/mol. The number of hydrogen-bond acceptors (Lipinski definition) is 6. The van der Waals surface area contributed by atoms with Crippen molar-refractivity contribution in [3.8, 4) is 11.9 Å². The number of sulfonamides is 1. The van der Waals surface area contributed by atoms with Gasteiger partial charge in [0.15, 0.2) is 0 Å². The van der Waals surface area contributed by atoms with E-state index in [0.717, 1.165) is 36.6 Å². The maximum atomic E-state index is 11.8. The number of aromatic nitrogens is 3. The molecule has 9 heteroatoms. The number of benzene rings is 1. The first-order valence-electron chi connectivity index (χ1n) is 9.90. The van der Waals surface area contributed by atoms with Crippen LogP contribution in [0.5, 0.6) is 0 Å². The smallest absolute Gasteiger partial charge is 0.224 e. The van der Waals surface area contributed by atoms with Crippen molar-refractivity contribution in [2.45, 2.75) is 37.8 Å². The Bertz CT molecular complexity index is 1210. The van der Waals surface area contributed by atoms with E-state index < -0.39 is 10.0 Å². The molecule has 4 rings (SSSR count). The summed E-state index contributed by atoms with van der Waals surface area (Å²) in [7, 11) is -1.52. The Labute approximate surface area is 176 Å². The molecule has 0 unspecified atom stereocenters. The van der Waals surface area contributed by atoms with Crippen LogP contribution in [-0.4, -0.2) is 52.6 Å². The van der Waals surface area contributed by atoms with E-state index in [9.17, 15) is 13.7 Å². The van der Waals surface area contributed by atoms with Gasteiger partial charge in [0, 0.05) is 36.9 Å². The van der Waals surface area contributed by atoms with Gasteiger partial charge in [-0.05, 0) is 37.8 Å². The van der Waals surface area contributed by atoms with Crippen molar-refractivity contribution >= 4 is 26.9 Å². The van der Waals surface area contributed by atoms with Gasteiger partial charge in [-0.3, -0.25) is 4.57 Å². The van der Waals surface area contributed by atoms with E-state index in [0.29, 0.717) is 17.3 Å². The van der Waals surface area contributed by atoms with E-state index in [1.807, 2.05) is 34.9 Å². The summed E-state index contributed by atoms with van der Waals surface area (Å²) in [6, 6.07) is 12.0. The van der Waals surface area contributed by atoms with Gasteiger partial charge in [0.1, 0.15) is 11.9 Å². The Morgan fingerprint density at radius 3 is 2.63 bits per heavy atom. The van der Waals surface area contributed by atoms with Crippen LogP contribution in [0.15, 0.2) is 42.7 Å². The lowest BCUT2D eigenvalue weighted by Gasteiger charge is -2.33. The van der Waals surface area contributed by atoms with Gasteiger partial charge in [-0.1, -0.05) is 18.2 Å². The van der Waals surface area contributed by atoms with Crippen LogP contribution >= 0.6 is 0 Å². The molecule has 0 saturated heterocycles. The molecular formula is C21H24N6O2S. The normalized spacial score (nSPS) is 19.7. The molecular weight excluding hydrogens is 400 g/mol. The molecule has 0 amide bonds. The molecule has 2 heterocycles. The molecule has 8 nitrogen and oxygen atoms in total. The zero-order valence-corrected chi connectivity index (χ0v) is 17.8. The standard InChI is InChI=1S/C21H24N6O2S/c1-26(30(2,28)29)17-9-7-16(8-10-17)24-21-23-12-11-20(25-21)27-14-15(13-22)18-5-3-4-6-19(18)27/h3-6,11-12,14,16-17H,7-10H2,1-2H3,(H,23,24,25). The third-order valence-corrected chi connectivity index (χ3v) is 7.13. The fourth-order valence-electron chi connectivity index (χ4n) is 4.05. The highest BCUT2D eigenvalue weighted by molar-refractivity contribution is 7.88. The number of para-hydroxylation sites is 1. The van der Waals surface area contributed by atoms with Crippen LogP contribution in [-0.2, 0) is 10.0 Å². The Kier molecular flexibility index (Phi) is 5.45. The molecule has 1 N–H and O–H groups in total. The first-order chi connectivity index (χ1) is 14.4. The molecule has 0 radical (unpaired) electrons. The number of rotatable bonds is 5. The van der Waals surface area contributed by atoms with Crippen molar-refractivity contribution in [2.75, 3.05) is 18.6 Å². The predicted octanol–water partition coefficient (Wildman–Crippen LogP) is 2.91. The van der Waals surface area contributed by atoms with Crippen molar-refractivity contribution in [2.24, 2.45) is 0 Å². The molecule has 1 aliphatic rings. The third kappa shape index (κ3) is 4.01. The second-order valence-corrected chi connectivity index (χ2v) is 9.75. The molecule has 1 fully saturated rings. The van der Waals surface area contributed by atoms with Gasteiger partial charge in [0.25, 0.3) is 0 Å². The highest BCUT2D eigenvalue weighted by atomic mass is 32.2. The fourth-order valence-corrected chi connectivity index (χ4v) is 4.80. The van der Waals surface area contributed by atoms with Crippen LogP contribution in [0.4, 0.5) is 5.95 Å². The van der Waals surface area contributed by atoms with E-state index >= 15 is 0 Å². The Morgan fingerprint density at radius 2 is 1.93 bits per heavy atom. The molecule has 1 aliphatic carbocycles. The van der Waals surface area contributed by atoms with E-state index in [-0.39, 0.29) is 12.1 Å². The molecule has 3 aromatic rings. The summed E-state index contributed by atoms with van der Waals surface area (Å²) in [6.07, 6.45) is 8.05. The number of anilines is 1. The molecule has 0 atom stereocenters. The molecule has 0 spiro atoms. The lowest BCUT2D eigenvalue weighted by molar-refractivity contribution is 0.276. The zero-order valence-electron chi connectivity index (χ0n) is 17.0. The van der Waals surface area contributed by atoms with Crippen molar-refractivity contribution < 1.29 is 8.42 Å². The van der Waals surface area contributed by atoms with Crippen LogP contribution < -0.4 is 5.32 Å². The maximum absolute atomic E-state index is 11.8. The summed E-state index contributed by atoms with van der Waals surface area (Å²) in [5.74, 6) is 1.22. The highest BCUT2D eigenvalue weighted by Crippen LogP contribution is 2.27. The molecule has 1 aromatic carbocycles. The van der Waals surface area contributed by atoms with Gasteiger partial charge in [-0.25, -0.2) is 17.7 Å². The summed E-state index contributed by atoms with van der Waals surface area (Å²) >= 11 is 0. The molecule has 30 heavy (non-hydrogen) atoms. The van der Waals surface area contributed by atoms with Gasteiger partial charge in [0.05, 0.1) is 17.3 Å². The Balaban J connectivity index is 1.50. The Hall–Kier alpha value is -2.96. The monoisotopic (exact) mass is 424 g/mol. The second-order valence-electron chi connectivity index (χ2n) is 7.71. The van der Waals surface area contributed by atoms with Crippen molar-refractivity contribution in [1.82, 2.24) is 18.8 Å². The van der Waals surface area contributed by atoms with Gasteiger partial charge in [0.2, 0.25) is 16.0 Å². The predicted molar refractivity (Wildman–Crippen MR) is 116 cm³/mol. The molecule has 1 saturated carbocycles. The van der Waals surface area contributed by atoms with E-state index in [1.165, 1.54) is 10.6 Å². The summed E-state index contributed by atoms with van der Waals surface area (Å²) < 4.78 is 26.9. The second kappa shape index (κ2) is 8.05. The number of fused-ring (bicyclic) bond motifs is 1. The largest absolute Gasteiger partial charge is 0.351 e. The first-order valence-corrected chi connectivity index (χ1v) is 11.7. The lowest BCUT2D eigenvalue weighted by atomic mass is 9.91. The van der Waals surface area contributed by atoms with Gasteiger partial charge in [-0.2, -0.15) is 10.2 Å². The molecule has 0 aliphatic heterocycles. The van der Waals surface area contributed by atoms with E-state index in [1.54, 1.807) is 19.4 Å². The maximum Gasteiger partial charge on any atom is 0.224 e. The quantitative estimate of drug-likeness (QED) is 0.675. The topological polar surface area (TPSA) is 104 Å². The summed E-state index contributed by atoms with van der Waals surface area (Å²) in [6.45, 7) is 0. The average Bonchev–Trinajstić information content (AvgIpc) is 3.12. The van der Waals surface area contributed by atoms with Crippen LogP contribution in [0.3, 0.4) is 0 Å². The third-order valence-electron chi connectivity index (χ3n) is 5.79. The van der Waals surface area contributed by atoms with E-state index in [2.05, 4.69) is 21.4 Å². The van der Waals surface area contributed by atoms with Gasteiger partial charge in [-0.15, -0.1) is 0 Å². The van der Waals surface area contributed by atoms with Crippen LogP contribution in [0, 0.1) is 11.3 Å². The van der Waals surface area contributed by atoms with Crippen LogP contribution in [0.1, 0.15) is 31.2 Å². The summed E-state index contributed by atoms with van der Waals surface area (Å²) in [4.78, 5) is 9.01. The van der Waals surface area contributed by atoms with Gasteiger partial charge >= 0.3 is 0 Å². The number of hydrogen-bond donors (Lipinski definition) is 1. The Morgan fingerprint density at radius 1 is 1.20 bits per heavy atom. The first kappa shape index (κ1) is 20.3. The zero-order chi connectivity index (χ0) is 21.3. The van der Waals surface area contributed by atoms with Crippen LogP contribution in [0.2, 0.25) is 0 Å². The molecule has 2 aromatic heterocycles. The van der Waals surface area contributed by atoms with Gasteiger partial charge < -0.3 is 5.32 Å². The van der Waals surface area contributed by atoms with E-state index in [4.69, 9.17) is 0 Å². The van der Waals surface area contributed by atoms with Crippen LogP contribution in [0.25, 0.3) is 16.7 Å². The summed E-state index contributed by atoms with van der Waals surface area (Å²) in [5, 5.41) is 13.7. The SMILES string of the molecule is CN(C1CCC(Nc2nccc(-n3cc(C#N)c4ccccc43)n2)CC1)S(C)(=O)=O. The number of nitriles is 1.